The van der Waals surface area contributed by atoms with Gasteiger partial charge < -0.3 is 28.8 Å². The van der Waals surface area contributed by atoms with E-state index in [9.17, 15) is 19.2 Å². The number of aliphatic hydroxyl groups excluding tert-OH is 1. The van der Waals surface area contributed by atoms with Crippen molar-refractivity contribution in [2.75, 3.05) is 19.0 Å². The summed E-state index contributed by atoms with van der Waals surface area (Å²) in [5.41, 5.74) is -0.849. The molecule has 27 heavy (non-hydrogen) atoms. The molecule has 11 heteroatoms. The molecule has 0 bridgehead atoms. The van der Waals surface area contributed by atoms with Gasteiger partial charge >= 0.3 is 23.9 Å². The van der Waals surface area contributed by atoms with Crippen molar-refractivity contribution in [3.05, 3.63) is 0 Å². The van der Waals surface area contributed by atoms with E-state index in [1.165, 1.54) is 13.8 Å². The maximum atomic E-state index is 11.6. The molecule has 1 fully saturated rings. The number of ether oxygens (including phenoxy) is 5. The molecule has 0 spiro atoms. The predicted octanol–water partition coefficient (Wildman–Crippen LogP) is -0.205. The lowest BCUT2D eigenvalue weighted by Crippen LogP contribution is -2.61. The van der Waals surface area contributed by atoms with Gasteiger partial charge in [0, 0.05) is 33.4 Å². The SMILES string of the molecule is CC(=O)OCC1OC(SCCO)C(OC(C)=O)C(OC(C)=O)C1OC(C)=O. The second-order valence-electron chi connectivity index (χ2n) is 5.66. The summed E-state index contributed by atoms with van der Waals surface area (Å²) >= 11 is 1.12. The van der Waals surface area contributed by atoms with Crippen molar-refractivity contribution in [3.63, 3.8) is 0 Å². The maximum absolute atomic E-state index is 11.6. The van der Waals surface area contributed by atoms with E-state index in [0.717, 1.165) is 25.6 Å². The van der Waals surface area contributed by atoms with E-state index in [0.29, 0.717) is 0 Å². The number of thioether (sulfide) groups is 1. The van der Waals surface area contributed by atoms with E-state index in [2.05, 4.69) is 0 Å². The molecule has 0 saturated carbocycles. The smallest absolute Gasteiger partial charge is 0.303 e. The Kier molecular flexibility index (Phi) is 9.53. The zero-order chi connectivity index (χ0) is 20.6. The lowest BCUT2D eigenvalue weighted by Gasteiger charge is -2.44. The van der Waals surface area contributed by atoms with Gasteiger partial charge in [-0.2, -0.15) is 0 Å². The van der Waals surface area contributed by atoms with Crippen molar-refractivity contribution in [3.8, 4) is 0 Å². The van der Waals surface area contributed by atoms with Crippen LogP contribution in [0.25, 0.3) is 0 Å². The van der Waals surface area contributed by atoms with Crippen LogP contribution >= 0.6 is 11.8 Å². The fraction of sp³-hybridized carbons (Fsp3) is 0.750. The van der Waals surface area contributed by atoms with Gasteiger partial charge in [-0.15, -0.1) is 11.8 Å². The Hall–Kier alpha value is -1.85. The number of carbonyl (C=O) groups excluding carboxylic acids is 4. The zero-order valence-corrected chi connectivity index (χ0v) is 16.4. The minimum atomic E-state index is -1.18. The molecule has 0 radical (unpaired) electrons. The Morgan fingerprint density at radius 2 is 1.37 bits per heavy atom. The minimum Gasteiger partial charge on any atom is -0.463 e. The number of hydrogen-bond acceptors (Lipinski definition) is 11. The number of esters is 4. The summed E-state index contributed by atoms with van der Waals surface area (Å²) in [6.07, 6.45) is -4.41. The molecule has 0 amide bonds. The molecule has 0 aliphatic carbocycles. The average Bonchev–Trinajstić information content (AvgIpc) is 2.54. The molecule has 1 saturated heterocycles. The van der Waals surface area contributed by atoms with Crippen molar-refractivity contribution in [2.45, 2.75) is 57.5 Å². The Bertz CT molecular complexity index is 551. The lowest BCUT2D eigenvalue weighted by molar-refractivity contribution is -0.237. The number of rotatable bonds is 8. The molecule has 1 heterocycles. The standard InChI is InChI=1S/C16H24O10S/c1-8(18)22-7-12-13(23-9(2)19)14(24-10(3)20)15(25-11(4)21)16(26-12)27-6-5-17/h12-17H,5-7H2,1-4H3. The topological polar surface area (TPSA) is 135 Å². The average molecular weight is 408 g/mol. The Morgan fingerprint density at radius 3 is 1.85 bits per heavy atom. The first-order valence-corrected chi connectivity index (χ1v) is 9.23. The molecular formula is C16H24O10S. The fourth-order valence-corrected chi connectivity index (χ4v) is 3.45. The molecular weight excluding hydrogens is 384 g/mol. The van der Waals surface area contributed by atoms with Crippen LogP contribution in [-0.4, -0.2) is 77.8 Å². The Balaban J connectivity index is 3.22. The third-order valence-corrected chi connectivity index (χ3v) is 4.45. The third-order valence-electron chi connectivity index (χ3n) is 3.32. The molecule has 154 valence electrons. The number of hydrogen-bond donors (Lipinski definition) is 1. The monoisotopic (exact) mass is 408 g/mol. The number of carbonyl (C=O) groups is 4. The summed E-state index contributed by atoms with van der Waals surface area (Å²) in [6.45, 7) is 4.24. The van der Waals surface area contributed by atoms with Gasteiger partial charge in [0.25, 0.3) is 0 Å². The van der Waals surface area contributed by atoms with Crippen LogP contribution in [0.15, 0.2) is 0 Å². The van der Waals surface area contributed by atoms with Crippen LogP contribution in [0, 0.1) is 0 Å². The molecule has 0 aromatic heterocycles. The maximum Gasteiger partial charge on any atom is 0.303 e. The summed E-state index contributed by atoms with van der Waals surface area (Å²) in [4.78, 5) is 45.8. The summed E-state index contributed by atoms with van der Waals surface area (Å²) in [6, 6.07) is 0. The second-order valence-corrected chi connectivity index (χ2v) is 6.87. The van der Waals surface area contributed by atoms with E-state index < -0.39 is 53.7 Å². The van der Waals surface area contributed by atoms with Crippen molar-refractivity contribution in [1.29, 1.82) is 0 Å². The minimum absolute atomic E-state index is 0.169. The van der Waals surface area contributed by atoms with Crippen molar-refractivity contribution < 1.29 is 48.0 Å². The van der Waals surface area contributed by atoms with Gasteiger partial charge in [-0.05, 0) is 0 Å². The van der Waals surface area contributed by atoms with Gasteiger partial charge in [-0.25, -0.2) is 0 Å². The Morgan fingerprint density at radius 1 is 0.852 bits per heavy atom. The highest BCUT2D eigenvalue weighted by molar-refractivity contribution is 7.99. The van der Waals surface area contributed by atoms with Gasteiger partial charge in [-0.3, -0.25) is 19.2 Å². The van der Waals surface area contributed by atoms with E-state index in [1.54, 1.807) is 0 Å². The lowest BCUT2D eigenvalue weighted by atomic mass is 9.99. The largest absolute Gasteiger partial charge is 0.463 e. The van der Waals surface area contributed by atoms with Crippen LogP contribution in [0.2, 0.25) is 0 Å². The summed E-state index contributed by atoms with van der Waals surface area (Å²) in [5, 5.41) is 9.08. The normalized spacial score (nSPS) is 27.4. The first-order valence-electron chi connectivity index (χ1n) is 8.18. The number of aliphatic hydroxyl groups is 1. The highest BCUT2D eigenvalue weighted by Gasteiger charge is 2.52. The van der Waals surface area contributed by atoms with Crippen molar-refractivity contribution in [2.24, 2.45) is 0 Å². The summed E-state index contributed by atoms with van der Waals surface area (Å²) < 4.78 is 26.5. The molecule has 10 nitrogen and oxygen atoms in total. The molecule has 1 aliphatic heterocycles. The molecule has 1 N–H and O–H groups in total. The van der Waals surface area contributed by atoms with Crippen LogP contribution in [0.3, 0.4) is 0 Å². The van der Waals surface area contributed by atoms with Gasteiger partial charge in [0.15, 0.2) is 18.3 Å². The third kappa shape index (κ3) is 7.73. The highest BCUT2D eigenvalue weighted by Crippen LogP contribution is 2.34. The molecule has 5 unspecified atom stereocenters. The van der Waals surface area contributed by atoms with Crippen LogP contribution < -0.4 is 0 Å². The second kappa shape index (κ2) is 11.1. The van der Waals surface area contributed by atoms with Gasteiger partial charge in [-0.1, -0.05) is 0 Å². The van der Waals surface area contributed by atoms with Gasteiger partial charge in [0.1, 0.15) is 18.1 Å². The van der Waals surface area contributed by atoms with Gasteiger partial charge in [0.05, 0.1) is 6.61 Å². The van der Waals surface area contributed by atoms with Crippen LogP contribution in [0.5, 0.6) is 0 Å². The summed E-state index contributed by atoms with van der Waals surface area (Å²) in [7, 11) is 0. The predicted molar refractivity (Wildman–Crippen MR) is 91.5 cm³/mol. The van der Waals surface area contributed by atoms with E-state index >= 15 is 0 Å². The molecule has 1 aliphatic rings. The molecule has 0 aromatic carbocycles. The van der Waals surface area contributed by atoms with Crippen LogP contribution in [-0.2, 0) is 42.9 Å². The van der Waals surface area contributed by atoms with Crippen LogP contribution in [0.4, 0.5) is 0 Å². The molecule has 5 atom stereocenters. The fourth-order valence-electron chi connectivity index (χ4n) is 2.49. The van der Waals surface area contributed by atoms with Crippen molar-refractivity contribution >= 4 is 35.6 Å². The van der Waals surface area contributed by atoms with E-state index in [4.69, 9.17) is 28.8 Å². The summed E-state index contributed by atoms with van der Waals surface area (Å²) in [5.74, 6) is -2.36. The molecule has 0 aromatic rings. The van der Waals surface area contributed by atoms with E-state index in [-0.39, 0.29) is 19.0 Å². The zero-order valence-electron chi connectivity index (χ0n) is 15.5. The van der Waals surface area contributed by atoms with Gasteiger partial charge in [0.2, 0.25) is 0 Å². The van der Waals surface area contributed by atoms with Crippen molar-refractivity contribution in [1.82, 2.24) is 0 Å². The van der Waals surface area contributed by atoms with Crippen LogP contribution in [0.1, 0.15) is 27.7 Å². The highest BCUT2D eigenvalue weighted by atomic mass is 32.2. The quantitative estimate of drug-likeness (QED) is 0.422. The Labute approximate surface area is 160 Å². The first-order chi connectivity index (χ1) is 12.6. The molecule has 1 rings (SSSR count). The van der Waals surface area contributed by atoms with E-state index in [1.807, 2.05) is 0 Å². The first kappa shape index (κ1) is 23.2.